The van der Waals surface area contributed by atoms with Crippen LogP contribution in [0, 0.1) is 0 Å². The lowest BCUT2D eigenvalue weighted by molar-refractivity contribution is 0.401. The van der Waals surface area contributed by atoms with Gasteiger partial charge in [-0.2, -0.15) is 0 Å². The molecule has 4 nitrogen and oxygen atoms in total. The number of aryl methyl sites for hydroxylation is 1. The molecule has 0 aliphatic heterocycles. The molecular weight excluding hydrogens is 264 g/mol. The molecule has 0 spiro atoms. The highest BCUT2D eigenvalue weighted by Gasteiger charge is 2.13. The molecule has 0 amide bonds. The summed E-state index contributed by atoms with van der Waals surface area (Å²) >= 11 is 5.76. The SMILES string of the molecule is COc1ccc(CCC(NN)c2ccc(Cl)o2)cc1. The fourth-order valence-corrected chi connectivity index (χ4v) is 2.08. The van der Waals surface area contributed by atoms with E-state index in [0.717, 1.165) is 24.4 Å². The van der Waals surface area contributed by atoms with E-state index in [1.54, 1.807) is 13.2 Å². The highest BCUT2D eigenvalue weighted by molar-refractivity contribution is 6.28. The predicted molar refractivity (Wildman–Crippen MR) is 75.1 cm³/mol. The highest BCUT2D eigenvalue weighted by Crippen LogP contribution is 2.23. The molecule has 1 atom stereocenters. The third-order valence-corrected chi connectivity index (χ3v) is 3.22. The minimum Gasteiger partial charge on any atom is -0.497 e. The van der Waals surface area contributed by atoms with Crippen molar-refractivity contribution in [1.82, 2.24) is 5.43 Å². The molecule has 1 aromatic heterocycles. The lowest BCUT2D eigenvalue weighted by Gasteiger charge is -2.13. The topological polar surface area (TPSA) is 60.4 Å². The smallest absolute Gasteiger partial charge is 0.193 e. The number of hydrogen-bond donors (Lipinski definition) is 2. The van der Waals surface area contributed by atoms with Crippen LogP contribution in [0.3, 0.4) is 0 Å². The summed E-state index contributed by atoms with van der Waals surface area (Å²) in [5.74, 6) is 7.16. The van der Waals surface area contributed by atoms with Gasteiger partial charge in [-0.05, 0) is 54.3 Å². The average molecular weight is 281 g/mol. The molecule has 0 saturated carbocycles. The predicted octanol–water partition coefficient (Wildman–Crippen LogP) is 3.08. The number of nitrogens with two attached hydrogens (primary N) is 1. The zero-order chi connectivity index (χ0) is 13.7. The lowest BCUT2D eigenvalue weighted by atomic mass is 10.0. The normalized spacial score (nSPS) is 12.4. The molecule has 0 radical (unpaired) electrons. The first-order valence-corrected chi connectivity index (χ1v) is 6.45. The number of furan rings is 1. The van der Waals surface area contributed by atoms with Crippen LogP contribution in [0.25, 0.3) is 0 Å². The maximum absolute atomic E-state index is 5.76. The van der Waals surface area contributed by atoms with Gasteiger partial charge in [0, 0.05) is 0 Å². The summed E-state index contributed by atoms with van der Waals surface area (Å²) in [6, 6.07) is 11.5. The highest BCUT2D eigenvalue weighted by atomic mass is 35.5. The van der Waals surface area contributed by atoms with Crippen molar-refractivity contribution in [1.29, 1.82) is 0 Å². The Morgan fingerprint density at radius 2 is 2.00 bits per heavy atom. The summed E-state index contributed by atoms with van der Waals surface area (Å²) < 4.78 is 10.5. The molecule has 0 fully saturated rings. The molecule has 1 heterocycles. The summed E-state index contributed by atoms with van der Waals surface area (Å²) in [6.45, 7) is 0. The van der Waals surface area contributed by atoms with E-state index in [9.17, 15) is 0 Å². The molecule has 1 unspecified atom stereocenters. The second kappa shape index (κ2) is 6.61. The van der Waals surface area contributed by atoms with E-state index < -0.39 is 0 Å². The molecule has 0 aliphatic carbocycles. The second-order valence-electron chi connectivity index (χ2n) is 4.25. The van der Waals surface area contributed by atoms with Crippen LogP contribution in [-0.2, 0) is 6.42 Å². The van der Waals surface area contributed by atoms with E-state index >= 15 is 0 Å². The number of halogens is 1. The van der Waals surface area contributed by atoms with Gasteiger partial charge >= 0.3 is 0 Å². The van der Waals surface area contributed by atoms with Gasteiger partial charge in [0.15, 0.2) is 5.22 Å². The molecule has 3 N–H and O–H groups in total. The number of benzene rings is 1. The molecular formula is C14H17ClN2O2. The Morgan fingerprint density at radius 3 is 2.53 bits per heavy atom. The molecule has 102 valence electrons. The fraction of sp³-hybridized carbons (Fsp3) is 0.286. The van der Waals surface area contributed by atoms with Crippen molar-refractivity contribution in [3.05, 3.63) is 52.9 Å². The number of rotatable bonds is 6. The molecule has 0 bridgehead atoms. The molecule has 5 heteroatoms. The minimum atomic E-state index is -0.0467. The Kier molecular flexibility index (Phi) is 4.85. The Bertz CT molecular complexity index is 510. The van der Waals surface area contributed by atoms with Gasteiger partial charge in [0.25, 0.3) is 0 Å². The van der Waals surface area contributed by atoms with Gasteiger partial charge in [0.1, 0.15) is 11.5 Å². The van der Waals surface area contributed by atoms with Crippen molar-refractivity contribution in [2.45, 2.75) is 18.9 Å². The van der Waals surface area contributed by atoms with Crippen molar-refractivity contribution in [2.75, 3.05) is 7.11 Å². The van der Waals surface area contributed by atoms with Crippen molar-refractivity contribution in [3.63, 3.8) is 0 Å². The lowest BCUT2D eigenvalue weighted by Crippen LogP contribution is -2.28. The molecule has 0 saturated heterocycles. The third kappa shape index (κ3) is 3.73. The number of nitrogens with one attached hydrogen (secondary N) is 1. The monoisotopic (exact) mass is 280 g/mol. The van der Waals surface area contributed by atoms with Crippen LogP contribution in [0.4, 0.5) is 0 Å². The van der Waals surface area contributed by atoms with Gasteiger partial charge in [0.2, 0.25) is 0 Å². The fourth-order valence-electron chi connectivity index (χ4n) is 1.93. The molecule has 1 aromatic carbocycles. The Balaban J connectivity index is 1.95. The van der Waals surface area contributed by atoms with Crippen LogP contribution in [0.5, 0.6) is 5.75 Å². The van der Waals surface area contributed by atoms with Crippen molar-refractivity contribution in [3.8, 4) is 5.75 Å². The first kappa shape index (κ1) is 13.9. The minimum absolute atomic E-state index is 0.0467. The molecule has 2 rings (SSSR count). The zero-order valence-corrected chi connectivity index (χ0v) is 11.5. The Morgan fingerprint density at radius 1 is 1.26 bits per heavy atom. The van der Waals surface area contributed by atoms with Crippen molar-refractivity contribution < 1.29 is 9.15 Å². The summed E-state index contributed by atoms with van der Waals surface area (Å²) in [6.07, 6.45) is 1.71. The van der Waals surface area contributed by atoms with Gasteiger partial charge in [0.05, 0.1) is 13.2 Å². The van der Waals surface area contributed by atoms with Gasteiger partial charge in [-0.3, -0.25) is 5.84 Å². The summed E-state index contributed by atoms with van der Waals surface area (Å²) in [5, 5.41) is 0.375. The van der Waals surface area contributed by atoms with Crippen molar-refractivity contribution >= 4 is 11.6 Å². The van der Waals surface area contributed by atoms with Crippen molar-refractivity contribution in [2.24, 2.45) is 5.84 Å². The second-order valence-corrected chi connectivity index (χ2v) is 4.62. The Labute approximate surface area is 117 Å². The molecule has 2 aromatic rings. The first-order chi connectivity index (χ1) is 9.22. The van der Waals surface area contributed by atoms with E-state index in [1.807, 2.05) is 30.3 Å². The summed E-state index contributed by atoms with van der Waals surface area (Å²) in [4.78, 5) is 0. The molecule has 0 aliphatic rings. The van der Waals surface area contributed by atoms with Crippen LogP contribution in [0.1, 0.15) is 23.8 Å². The quantitative estimate of drug-likeness (QED) is 0.631. The zero-order valence-electron chi connectivity index (χ0n) is 10.7. The summed E-state index contributed by atoms with van der Waals surface area (Å²) in [5.41, 5.74) is 3.97. The van der Waals surface area contributed by atoms with E-state index in [4.69, 9.17) is 26.6 Å². The van der Waals surface area contributed by atoms with Gasteiger partial charge in [-0.15, -0.1) is 0 Å². The molecule has 19 heavy (non-hydrogen) atoms. The van der Waals surface area contributed by atoms with Crippen LogP contribution < -0.4 is 16.0 Å². The van der Waals surface area contributed by atoms with Crippen LogP contribution in [-0.4, -0.2) is 7.11 Å². The number of ether oxygens (including phenoxy) is 1. The summed E-state index contributed by atoms with van der Waals surface area (Å²) in [7, 11) is 1.66. The largest absolute Gasteiger partial charge is 0.497 e. The maximum atomic E-state index is 5.76. The third-order valence-electron chi connectivity index (χ3n) is 3.02. The van der Waals surface area contributed by atoms with Crippen LogP contribution in [0.2, 0.25) is 5.22 Å². The number of hydrazine groups is 1. The van der Waals surface area contributed by atoms with E-state index in [1.165, 1.54) is 5.56 Å². The van der Waals surface area contributed by atoms with Crippen LogP contribution >= 0.6 is 11.6 Å². The maximum Gasteiger partial charge on any atom is 0.193 e. The number of hydrogen-bond acceptors (Lipinski definition) is 4. The van der Waals surface area contributed by atoms with E-state index in [2.05, 4.69) is 5.43 Å². The number of methoxy groups -OCH3 is 1. The van der Waals surface area contributed by atoms with Gasteiger partial charge in [-0.1, -0.05) is 12.1 Å². The standard InChI is InChI=1S/C14H17ClN2O2/c1-18-11-5-2-10(3-6-11)4-7-12(17-16)13-8-9-14(15)19-13/h2-3,5-6,8-9,12,17H,4,7,16H2,1H3. The van der Waals surface area contributed by atoms with E-state index in [0.29, 0.717) is 5.22 Å². The van der Waals surface area contributed by atoms with Gasteiger partial charge < -0.3 is 9.15 Å². The van der Waals surface area contributed by atoms with Gasteiger partial charge in [-0.25, -0.2) is 5.43 Å². The first-order valence-electron chi connectivity index (χ1n) is 6.07. The van der Waals surface area contributed by atoms with Crippen LogP contribution in [0.15, 0.2) is 40.8 Å². The van der Waals surface area contributed by atoms with E-state index in [-0.39, 0.29) is 6.04 Å². The average Bonchev–Trinajstić information content (AvgIpc) is 2.87. The Hall–Kier alpha value is -1.49.